The van der Waals surface area contributed by atoms with E-state index in [-0.39, 0.29) is 30.4 Å². The van der Waals surface area contributed by atoms with Gasteiger partial charge in [-0.05, 0) is 50.6 Å². The van der Waals surface area contributed by atoms with Crippen LogP contribution in [0.3, 0.4) is 0 Å². The van der Waals surface area contributed by atoms with Crippen molar-refractivity contribution in [3.05, 3.63) is 65.2 Å². The molecule has 186 valence electrons. The first-order valence-corrected chi connectivity index (χ1v) is 12.0. The Bertz CT molecular complexity index is 1110. The van der Waals surface area contributed by atoms with Crippen molar-refractivity contribution in [3.63, 3.8) is 0 Å². The first-order valence-electron chi connectivity index (χ1n) is 12.0. The number of nitrogens with one attached hydrogen (secondary N) is 1. The molecule has 2 aliphatic rings. The summed E-state index contributed by atoms with van der Waals surface area (Å²) in [7, 11) is 1.57. The predicted molar refractivity (Wildman–Crippen MR) is 131 cm³/mol. The monoisotopic (exact) mass is 479 g/mol. The molecule has 2 aliphatic heterocycles. The van der Waals surface area contributed by atoms with Crippen molar-refractivity contribution in [3.8, 4) is 5.75 Å². The van der Waals surface area contributed by atoms with E-state index in [9.17, 15) is 14.4 Å². The first kappa shape index (κ1) is 24.7. The maximum Gasteiger partial charge on any atom is 0.257 e. The molecule has 3 amide bonds. The highest BCUT2D eigenvalue weighted by molar-refractivity contribution is 5.99. The topological polar surface area (TPSA) is 88.2 Å². The SMILES string of the molecule is COc1cccc(C(=O)N2CCC3(CC2)OC[C@@H](C(=O)NC(C)C)N3C(=O)c2ccccc2C)c1. The molecule has 0 saturated carbocycles. The molecule has 8 nitrogen and oxygen atoms in total. The van der Waals surface area contributed by atoms with Crippen LogP contribution in [0.5, 0.6) is 5.75 Å². The van der Waals surface area contributed by atoms with Crippen LogP contribution in [0, 0.1) is 6.92 Å². The Hall–Kier alpha value is -3.39. The molecule has 0 unspecified atom stereocenters. The number of ether oxygens (including phenoxy) is 2. The summed E-state index contributed by atoms with van der Waals surface area (Å²) < 4.78 is 11.5. The number of hydrogen-bond acceptors (Lipinski definition) is 5. The number of piperidine rings is 1. The fourth-order valence-electron chi connectivity index (χ4n) is 4.89. The van der Waals surface area contributed by atoms with Crippen LogP contribution >= 0.6 is 0 Å². The largest absolute Gasteiger partial charge is 0.497 e. The number of amides is 3. The van der Waals surface area contributed by atoms with E-state index in [1.807, 2.05) is 39.0 Å². The molecular formula is C27H33N3O5. The number of rotatable bonds is 5. The molecule has 2 saturated heterocycles. The maximum absolute atomic E-state index is 13.8. The Balaban J connectivity index is 1.58. The summed E-state index contributed by atoms with van der Waals surface area (Å²) in [4.78, 5) is 43.4. The number of likely N-dealkylation sites (tertiary alicyclic amines) is 1. The summed E-state index contributed by atoms with van der Waals surface area (Å²) in [5.41, 5.74) is 1.00. The minimum Gasteiger partial charge on any atom is -0.497 e. The highest BCUT2D eigenvalue weighted by Gasteiger charge is 2.54. The Morgan fingerprint density at radius 1 is 1.06 bits per heavy atom. The lowest BCUT2D eigenvalue weighted by Gasteiger charge is -2.44. The van der Waals surface area contributed by atoms with E-state index < -0.39 is 11.8 Å². The van der Waals surface area contributed by atoms with Crippen LogP contribution in [0.25, 0.3) is 0 Å². The van der Waals surface area contributed by atoms with Gasteiger partial charge in [0.25, 0.3) is 11.8 Å². The van der Waals surface area contributed by atoms with Gasteiger partial charge in [-0.25, -0.2) is 0 Å². The smallest absolute Gasteiger partial charge is 0.257 e. The van der Waals surface area contributed by atoms with Crippen molar-refractivity contribution in [1.29, 1.82) is 0 Å². The standard InChI is InChI=1S/C27H33N3O5/c1-18(2)28-24(31)23-17-35-27(30(23)26(33)22-11-6-5-8-19(22)3)12-14-29(15-13-27)25(32)20-9-7-10-21(16-20)34-4/h5-11,16,18,23H,12-15,17H2,1-4H3,(H,28,31)/t23-/m0/s1. The summed E-state index contributed by atoms with van der Waals surface area (Å²) in [5, 5.41) is 2.93. The first-order chi connectivity index (χ1) is 16.8. The van der Waals surface area contributed by atoms with Crippen LogP contribution in [-0.2, 0) is 9.53 Å². The van der Waals surface area contributed by atoms with Gasteiger partial charge in [-0.3, -0.25) is 19.3 Å². The van der Waals surface area contributed by atoms with Gasteiger partial charge >= 0.3 is 0 Å². The summed E-state index contributed by atoms with van der Waals surface area (Å²) in [5.74, 6) is 0.0749. The predicted octanol–water partition coefficient (Wildman–Crippen LogP) is 3.00. The van der Waals surface area contributed by atoms with Crippen molar-refractivity contribution < 1.29 is 23.9 Å². The molecule has 2 aromatic rings. The van der Waals surface area contributed by atoms with Crippen LogP contribution < -0.4 is 10.1 Å². The van der Waals surface area contributed by atoms with E-state index >= 15 is 0 Å². The van der Waals surface area contributed by atoms with E-state index in [1.54, 1.807) is 47.2 Å². The van der Waals surface area contributed by atoms with Crippen LogP contribution in [0.15, 0.2) is 48.5 Å². The lowest BCUT2D eigenvalue weighted by molar-refractivity contribution is -0.128. The van der Waals surface area contributed by atoms with Gasteiger partial charge in [-0.15, -0.1) is 0 Å². The fraction of sp³-hybridized carbons (Fsp3) is 0.444. The molecule has 2 aromatic carbocycles. The Morgan fingerprint density at radius 3 is 2.43 bits per heavy atom. The summed E-state index contributed by atoms with van der Waals surface area (Å²) >= 11 is 0. The molecule has 35 heavy (non-hydrogen) atoms. The van der Waals surface area contributed by atoms with Gasteiger partial charge in [-0.1, -0.05) is 24.3 Å². The molecule has 0 aliphatic carbocycles. The highest BCUT2D eigenvalue weighted by atomic mass is 16.5. The van der Waals surface area contributed by atoms with Crippen molar-refractivity contribution in [2.24, 2.45) is 0 Å². The number of methoxy groups -OCH3 is 1. The van der Waals surface area contributed by atoms with Gasteiger partial charge in [0.05, 0.1) is 13.7 Å². The van der Waals surface area contributed by atoms with E-state index in [2.05, 4.69) is 5.32 Å². The third kappa shape index (κ3) is 4.89. The zero-order valence-corrected chi connectivity index (χ0v) is 20.7. The number of nitrogens with zero attached hydrogens (tertiary/aromatic N) is 2. The van der Waals surface area contributed by atoms with Gasteiger partial charge < -0.3 is 19.7 Å². The zero-order chi connectivity index (χ0) is 25.2. The van der Waals surface area contributed by atoms with Crippen LogP contribution in [0.2, 0.25) is 0 Å². The van der Waals surface area contributed by atoms with Crippen molar-refractivity contribution >= 4 is 17.7 Å². The van der Waals surface area contributed by atoms with Crippen molar-refractivity contribution in [1.82, 2.24) is 15.1 Å². The molecule has 8 heteroatoms. The third-order valence-electron chi connectivity index (χ3n) is 6.74. The molecule has 0 bridgehead atoms. The molecule has 1 atom stereocenters. The van der Waals surface area contributed by atoms with Gasteiger partial charge in [0, 0.05) is 43.1 Å². The quantitative estimate of drug-likeness (QED) is 0.712. The Kier molecular flexibility index (Phi) is 7.12. The average molecular weight is 480 g/mol. The van der Waals surface area contributed by atoms with Gasteiger partial charge in [0.15, 0.2) is 0 Å². The normalized spacial score (nSPS) is 19.2. The number of hydrogen-bond donors (Lipinski definition) is 1. The van der Waals surface area contributed by atoms with Crippen molar-refractivity contribution in [2.75, 3.05) is 26.8 Å². The van der Waals surface area contributed by atoms with Crippen LogP contribution in [0.1, 0.15) is 53.0 Å². The summed E-state index contributed by atoms with van der Waals surface area (Å²) in [6.07, 6.45) is 0.845. The molecule has 0 radical (unpaired) electrons. The maximum atomic E-state index is 13.8. The summed E-state index contributed by atoms with van der Waals surface area (Å²) in [6, 6.07) is 13.7. The minimum atomic E-state index is -0.941. The average Bonchev–Trinajstić information content (AvgIpc) is 3.22. The van der Waals surface area contributed by atoms with Crippen molar-refractivity contribution in [2.45, 2.75) is 51.4 Å². The number of benzene rings is 2. The van der Waals surface area contributed by atoms with E-state index in [1.165, 1.54) is 0 Å². The lowest BCUT2D eigenvalue weighted by Crippen LogP contribution is -2.60. The number of carbonyl (C=O) groups excluding carboxylic acids is 3. The molecule has 2 heterocycles. The molecule has 1 spiro atoms. The van der Waals surface area contributed by atoms with E-state index in [0.717, 1.165) is 5.56 Å². The molecule has 0 aromatic heterocycles. The Labute approximate surface area is 206 Å². The minimum absolute atomic E-state index is 0.0585. The molecule has 4 rings (SSSR count). The highest BCUT2D eigenvalue weighted by Crippen LogP contribution is 2.39. The molecular weight excluding hydrogens is 446 g/mol. The molecule has 2 fully saturated rings. The van der Waals surface area contributed by atoms with Crippen LogP contribution in [-0.4, -0.2) is 72.1 Å². The van der Waals surface area contributed by atoms with Gasteiger partial charge in [0.1, 0.15) is 17.5 Å². The number of carbonyl (C=O) groups is 3. The van der Waals surface area contributed by atoms with Gasteiger partial charge in [0.2, 0.25) is 5.91 Å². The second kappa shape index (κ2) is 10.1. The summed E-state index contributed by atoms with van der Waals surface area (Å²) in [6.45, 7) is 6.60. The zero-order valence-electron chi connectivity index (χ0n) is 20.7. The van der Waals surface area contributed by atoms with E-state index in [0.29, 0.717) is 42.8 Å². The second-order valence-electron chi connectivity index (χ2n) is 9.45. The van der Waals surface area contributed by atoms with E-state index in [4.69, 9.17) is 9.47 Å². The number of aryl methyl sites for hydroxylation is 1. The molecule has 1 N–H and O–H groups in total. The third-order valence-corrected chi connectivity index (χ3v) is 6.74. The van der Waals surface area contributed by atoms with Crippen LogP contribution in [0.4, 0.5) is 0 Å². The Morgan fingerprint density at radius 2 is 1.77 bits per heavy atom. The second-order valence-corrected chi connectivity index (χ2v) is 9.45. The lowest BCUT2D eigenvalue weighted by atomic mass is 9.95. The fourth-order valence-corrected chi connectivity index (χ4v) is 4.89. The van der Waals surface area contributed by atoms with Gasteiger partial charge in [-0.2, -0.15) is 0 Å².